The zero-order valence-corrected chi connectivity index (χ0v) is 23.8. The third-order valence-electron chi connectivity index (χ3n) is 7.19. The standard InChI is InChI=1S/C25H32Cl2N8O2S/c1-16-12-19(18-4-8-34(9-5-18)10-11-38(36,37)35-6-3-7-35)20(26)14-22(16)29-25-28-15-21(27)24(31-25)30-23-13-17(2)32-33-23/h12-15,18H,3-11H2,1-2H3,(H3,28,29,30,31,32,33). The maximum atomic E-state index is 12.4. The van der Waals surface area contributed by atoms with Crippen LogP contribution in [0.5, 0.6) is 0 Å². The van der Waals surface area contributed by atoms with Gasteiger partial charge >= 0.3 is 0 Å². The number of aromatic amines is 1. The highest BCUT2D eigenvalue weighted by molar-refractivity contribution is 7.89. The number of H-pyrrole nitrogens is 1. The molecule has 0 atom stereocenters. The normalized spacial score (nSPS) is 17.4. The number of benzene rings is 1. The lowest BCUT2D eigenvalue weighted by molar-refractivity contribution is 0.221. The number of nitrogens with one attached hydrogen (secondary N) is 3. The molecule has 2 aliphatic rings. The second kappa shape index (κ2) is 11.4. The fraction of sp³-hybridized carbons (Fsp3) is 0.480. The molecule has 3 aromatic rings. The van der Waals surface area contributed by atoms with Gasteiger partial charge in [-0.2, -0.15) is 10.1 Å². The summed E-state index contributed by atoms with van der Waals surface area (Å²) in [5, 5.41) is 14.5. The van der Waals surface area contributed by atoms with E-state index in [0.29, 0.717) is 53.2 Å². The maximum absolute atomic E-state index is 12.4. The summed E-state index contributed by atoms with van der Waals surface area (Å²) in [6.45, 7) is 7.58. The van der Waals surface area contributed by atoms with Crippen LogP contribution < -0.4 is 10.6 Å². The highest BCUT2D eigenvalue weighted by Gasteiger charge is 2.29. The minimum absolute atomic E-state index is 0.198. The zero-order chi connectivity index (χ0) is 26.9. The predicted octanol–water partition coefficient (Wildman–Crippen LogP) is 4.83. The van der Waals surface area contributed by atoms with Crippen LogP contribution in [0.25, 0.3) is 0 Å². The molecule has 0 saturated carbocycles. The van der Waals surface area contributed by atoms with Crippen LogP contribution in [0, 0.1) is 13.8 Å². The third-order valence-corrected chi connectivity index (χ3v) is 9.64. The molecular formula is C25H32Cl2N8O2S. The molecular weight excluding hydrogens is 547 g/mol. The van der Waals surface area contributed by atoms with Crippen molar-refractivity contribution >= 4 is 56.5 Å². The van der Waals surface area contributed by atoms with Gasteiger partial charge < -0.3 is 15.5 Å². The summed E-state index contributed by atoms with van der Waals surface area (Å²) in [6, 6.07) is 5.90. The van der Waals surface area contributed by atoms with Gasteiger partial charge in [-0.05, 0) is 69.3 Å². The van der Waals surface area contributed by atoms with Crippen molar-refractivity contribution in [2.75, 3.05) is 49.1 Å². The smallest absolute Gasteiger partial charge is 0.229 e. The van der Waals surface area contributed by atoms with Crippen LogP contribution in [0.2, 0.25) is 10.0 Å². The van der Waals surface area contributed by atoms with Crippen molar-refractivity contribution in [1.82, 2.24) is 29.4 Å². The van der Waals surface area contributed by atoms with E-state index in [9.17, 15) is 8.42 Å². The molecule has 1 aromatic carbocycles. The summed E-state index contributed by atoms with van der Waals surface area (Å²) in [7, 11) is -3.11. The zero-order valence-electron chi connectivity index (χ0n) is 21.5. The van der Waals surface area contributed by atoms with E-state index < -0.39 is 10.0 Å². The summed E-state index contributed by atoms with van der Waals surface area (Å²) in [4.78, 5) is 11.1. The molecule has 3 N–H and O–H groups in total. The molecule has 38 heavy (non-hydrogen) atoms. The first-order chi connectivity index (χ1) is 18.2. The van der Waals surface area contributed by atoms with E-state index in [1.165, 1.54) is 6.20 Å². The second-order valence-electron chi connectivity index (χ2n) is 9.95. The molecule has 13 heteroatoms. The van der Waals surface area contributed by atoms with Gasteiger partial charge in [0.1, 0.15) is 5.02 Å². The van der Waals surface area contributed by atoms with Gasteiger partial charge in [-0.15, -0.1) is 0 Å². The fourth-order valence-electron chi connectivity index (χ4n) is 4.80. The first-order valence-corrected chi connectivity index (χ1v) is 15.1. The minimum Gasteiger partial charge on any atom is -0.324 e. The molecule has 0 amide bonds. The van der Waals surface area contributed by atoms with Gasteiger partial charge in [0.15, 0.2) is 11.6 Å². The van der Waals surface area contributed by atoms with Crippen LogP contribution in [0.4, 0.5) is 23.3 Å². The maximum Gasteiger partial charge on any atom is 0.229 e. The van der Waals surface area contributed by atoms with E-state index in [-0.39, 0.29) is 5.75 Å². The predicted molar refractivity (Wildman–Crippen MR) is 152 cm³/mol. The second-order valence-corrected chi connectivity index (χ2v) is 12.9. The molecule has 204 valence electrons. The fourth-order valence-corrected chi connectivity index (χ4v) is 6.81. The summed E-state index contributed by atoms with van der Waals surface area (Å²) in [6.07, 6.45) is 4.39. The Bertz CT molecular complexity index is 1400. The quantitative estimate of drug-likeness (QED) is 0.330. The molecule has 2 aliphatic heterocycles. The molecule has 2 aromatic heterocycles. The van der Waals surface area contributed by atoms with Gasteiger partial charge in [0, 0.05) is 42.1 Å². The number of anilines is 4. The van der Waals surface area contributed by atoms with E-state index in [1.807, 2.05) is 26.0 Å². The Kier molecular flexibility index (Phi) is 8.11. The van der Waals surface area contributed by atoms with Crippen molar-refractivity contribution < 1.29 is 8.42 Å². The minimum atomic E-state index is -3.11. The number of piperidine rings is 1. The Labute approximate surface area is 233 Å². The monoisotopic (exact) mass is 578 g/mol. The van der Waals surface area contributed by atoms with Crippen LogP contribution in [0.15, 0.2) is 24.4 Å². The third kappa shape index (κ3) is 6.23. The van der Waals surface area contributed by atoms with Crippen molar-refractivity contribution in [2.45, 2.75) is 39.0 Å². The van der Waals surface area contributed by atoms with E-state index in [2.05, 4.69) is 41.8 Å². The number of hydrogen-bond acceptors (Lipinski definition) is 8. The van der Waals surface area contributed by atoms with Crippen molar-refractivity contribution in [1.29, 1.82) is 0 Å². The molecule has 0 aliphatic carbocycles. The van der Waals surface area contributed by atoms with Gasteiger partial charge in [0.2, 0.25) is 16.0 Å². The Morgan fingerprint density at radius 3 is 2.47 bits per heavy atom. The average molecular weight is 580 g/mol. The molecule has 5 rings (SSSR count). The Hall–Kier alpha value is -2.44. The first-order valence-electron chi connectivity index (χ1n) is 12.8. The Balaban J connectivity index is 1.21. The average Bonchev–Trinajstić information content (AvgIpc) is 3.25. The number of hydrogen-bond donors (Lipinski definition) is 3. The number of aromatic nitrogens is 4. The van der Waals surface area contributed by atoms with Crippen LogP contribution in [-0.4, -0.2) is 76.3 Å². The van der Waals surface area contributed by atoms with Crippen LogP contribution in [0.3, 0.4) is 0 Å². The van der Waals surface area contributed by atoms with Crippen molar-refractivity contribution in [3.05, 3.63) is 51.3 Å². The van der Waals surface area contributed by atoms with Crippen LogP contribution >= 0.6 is 23.2 Å². The van der Waals surface area contributed by atoms with Gasteiger partial charge in [0.05, 0.1) is 11.9 Å². The van der Waals surface area contributed by atoms with E-state index >= 15 is 0 Å². The number of sulfonamides is 1. The number of likely N-dealkylation sites (tertiary alicyclic amines) is 1. The van der Waals surface area contributed by atoms with Gasteiger partial charge in [-0.1, -0.05) is 29.3 Å². The number of halogens is 2. The summed E-state index contributed by atoms with van der Waals surface area (Å²) < 4.78 is 26.3. The molecule has 10 nitrogen and oxygen atoms in total. The highest BCUT2D eigenvalue weighted by Crippen LogP contribution is 2.37. The van der Waals surface area contributed by atoms with Crippen molar-refractivity contribution in [3.8, 4) is 0 Å². The molecule has 0 bridgehead atoms. The van der Waals surface area contributed by atoms with Crippen molar-refractivity contribution in [3.63, 3.8) is 0 Å². The molecule has 0 radical (unpaired) electrons. The summed E-state index contributed by atoms with van der Waals surface area (Å²) in [5.74, 6) is 1.97. The number of aryl methyl sites for hydroxylation is 2. The SMILES string of the molecule is Cc1cc(Nc2nc(Nc3cc(Cl)c(C4CCN(CCS(=O)(=O)N5CCC5)CC4)cc3C)ncc2Cl)n[nH]1. The van der Waals surface area contributed by atoms with E-state index in [1.54, 1.807) is 4.31 Å². The molecule has 2 fully saturated rings. The van der Waals surface area contributed by atoms with Gasteiger partial charge in [-0.3, -0.25) is 5.10 Å². The topological polar surface area (TPSA) is 119 Å². The van der Waals surface area contributed by atoms with Gasteiger partial charge in [0.25, 0.3) is 0 Å². The lowest BCUT2D eigenvalue weighted by Crippen LogP contribution is -2.46. The van der Waals surface area contributed by atoms with Gasteiger partial charge in [-0.25, -0.2) is 17.7 Å². The Morgan fingerprint density at radius 2 is 1.82 bits per heavy atom. The lowest BCUT2D eigenvalue weighted by atomic mass is 9.88. The van der Waals surface area contributed by atoms with E-state index in [0.717, 1.165) is 54.9 Å². The van der Waals surface area contributed by atoms with E-state index in [4.69, 9.17) is 23.2 Å². The first kappa shape index (κ1) is 27.1. The summed E-state index contributed by atoms with van der Waals surface area (Å²) in [5.41, 5.74) is 3.89. The van der Waals surface area contributed by atoms with Crippen LogP contribution in [0.1, 0.15) is 42.0 Å². The largest absolute Gasteiger partial charge is 0.324 e. The molecule has 4 heterocycles. The molecule has 2 saturated heterocycles. The van der Waals surface area contributed by atoms with Crippen molar-refractivity contribution in [2.24, 2.45) is 0 Å². The number of rotatable bonds is 9. The Morgan fingerprint density at radius 1 is 1.05 bits per heavy atom. The molecule has 0 unspecified atom stereocenters. The molecule has 0 spiro atoms. The van der Waals surface area contributed by atoms with Crippen LogP contribution in [-0.2, 0) is 10.0 Å². The number of nitrogens with zero attached hydrogens (tertiary/aromatic N) is 5. The summed E-state index contributed by atoms with van der Waals surface area (Å²) >= 11 is 13.0. The highest BCUT2D eigenvalue weighted by atomic mass is 35.5. The lowest BCUT2D eigenvalue weighted by Gasteiger charge is -2.34.